The number of hydrogen-bond acceptors (Lipinski definition) is 1. The predicted molar refractivity (Wildman–Crippen MR) is 68.2 cm³/mol. The van der Waals surface area contributed by atoms with Gasteiger partial charge in [-0.15, -0.1) is 0 Å². The normalized spacial score (nSPS) is 20.2. The minimum atomic E-state index is 0.527. The quantitative estimate of drug-likeness (QED) is 0.633. The van der Waals surface area contributed by atoms with Gasteiger partial charge in [-0.25, -0.2) is 0 Å². The molecule has 0 spiro atoms. The molecule has 1 nitrogen and oxygen atoms in total. The lowest BCUT2D eigenvalue weighted by Crippen LogP contribution is -2.25. The molecule has 1 saturated heterocycles. The molecule has 1 fully saturated rings. The zero-order valence-corrected chi connectivity index (χ0v) is 11.0. The Hall–Kier alpha value is -0.0400. The molecule has 0 aliphatic carbocycles. The van der Waals surface area contributed by atoms with Crippen LogP contribution in [0, 0.1) is 5.41 Å². The smallest absolute Gasteiger partial charge is 0.00187 e. The summed E-state index contributed by atoms with van der Waals surface area (Å²) in [5.41, 5.74) is 0.527. The van der Waals surface area contributed by atoms with Crippen molar-refractivity contribution < 1.29 is 0 Å². The second-order valence-electron chi connectivity index (χ2n) is 6.27. The van der Waals surface area contributed by atoms with Crippen molar-refractivity contribution in [3.8, 4) is 0 Å². The molecule has 0 aromatic heterocycles. The predicted octanol–water partition coefficient (Wildman–Crippen LogP) is 4.08. The van der Waals surface area contributed by atoms with Gasteiger partial charge in [-0.3, -0.25) is 0 Å². The highest BCUT2D eigenvalue weighted by atomic mass is 15.1. The van der Waals surface area contributed by atoms with Crippen LogP contribution in [0.2, 0.25) is 0 Å². The fourth-order valence-electron chi connectivity index (χ4n) is 2.35. The van der Waals surface area contributed by atoms with Gasteiger partial charge in [0, 0.05) is 0 Å². The zero-order chi connectivity index (χ0) is 11.1. The molecule has 0 bridgehead atoms. The van der Waals surface area contributed by atoms with Crippen molar-refractivity contribution in [1.29, 1.82) is 0 Å². The van der Waals surface area contributed by atoms with Crippen LogP contribution in [-0.4, -0.2) is 24.5 Å². The average Bonchev–Trinajstić information content (AvgIpc) is 2.39. The Labute approximate surface area is 96.2 Å². The van der Waals surface area contributed by atoms with E-state index < -0.39 is 0 Å². The Morgan fingerprint density at radius 1 is 0.867 bits per heavy atom. The van der Waals surface area contributed by atoms with E-state index in [2.05, 4.69) is 25.7 Å². The Bertz CT molecular complexity index is 149. The van der Waals surface area contributed by atoms with Crippen LogP contribution in [0.1, 0.15) is 65.7 Å². The van der Waals surface area contributed by atoms with E-state index in [4.69, 9.17) is 0 Å². The van der Waals surface area contributed by atoms with E-state index in [1.807, 2.05) is 0 Å². The SMILES string of the molecule is CC(C)(C)CCCCN1CCCCCC1. The van der Waals surface area contributed by atoms with Gasteiger partial charge < -0.3 is 4.90 Å². The summed E-state index contributed by atoms with van der Waals surface area (Å²) in [6, 6.07) is 0. The standard InChI is InChI=1S/C14H29N/c1-14(2,3)10-6-9-13-15-11-7-4-5-8-12-15/h4-13H2,1-3H3. The summed E-state index contributed by atoms with van der Waals surface area (Å²) in [6.45, 7) is 11.1. The van der Waals surface area contributed by atoms with Crippen molar-refractivity contribution in [3.05, 3.63) is 0 Å². The van der Waals surface area contributed by atoms with Gasteiger partial charge in [0.2, 0.25) is 0 Å². The largest absolute Gasteiger partial charge is 0.303 e. The monoisotopic (exact) mass is 211 g/mol. The van der Waals surface area contributed by atoms with Gasteiger partial charge in [-0.1, -0.05) is 40.0 Å². The van der Waals surface area contributed by atoms with Crippen LogP contribution in [-0.2, 0) is 0 Å². The van der Waals surface area contributed by atoms with Crippen LogP contribution in [0.25, 0.3) is 0 Å². The van der Waals surface area contributed by atoms with Crippen molar-refractivity contribution in [2.24, 2.45) is 5.41 Å². The first-order valence-corrected chi connectivity index (χ1v) is 6.80. The van der Waals surface area contributed by atoms with Crippen LogP contribution in [0.4, 0.5) is 0 Å². The lowest BCUT2D eigenvalue weighted by atomic mass is 9.90. The van der Waals surface area contributed by atoms with Gasteiger partial charge in [0.25, 0.3) is 0 Å². The molecular weight excluding hydrogens is 182 g/mol. The highest BCUT2D eigenvalue weighted by Crippen LogP contribution is 2.21. The van der Waals surface area contributed by atoms with Crippen molar-refractivity contribution in [3.63, 3.8) is 0 Å². The first-order valence-electron chi connectivity index (χ1n) is 6.80. The fraction of sp³-hybridized carbons (Fsp3) is 1.00. The number of likely N-dealkylation sites (tertiary alicyclic amines) is 1. The summed E-state index contributed by atoms with van der Waals surface area (Å²) in [6.07, 6.45) is 9.95. The molecule has 0 radical (unpaired) electrons. The van der Waals surface area contributed by atoms with Gasteiger partial charge in [-0.2, -0.15) is 0 Å². The molecule has 15 heavy (non-hydrogen) atoms. The molecule has 0 saturated carbocycles. The molecule has 1 aliphatic rings. The Balaban J connectivity index is 2.03. The summed E-state index contributed by atoms with van der Waals surface area (Å²) in [5, 5.41) is 0. The molecule has 0 amide bonds. The molecule has 1 heterocycles. The van der Waals surface area contributed by atoms with Gasteiger partial charge in [0.05, 0.1) is 0 Å². The van der Waals surface area contributed by atoms with E-state index in [0.29, 0.717) is 5.41 Å². The lowest BCUT2D eigenvalue weighted by Gasteiger charge is -2.21. The molecule has 0 aromatic carbocycles. The first-order chi connectivity index (χ1) is 7.08. The second kappa shape index (κ2) is 6.52. The summed E-state index contributed by atoms with van der Waals surface area (Å²) < 4.78 is 0. The molecule has 1 aliphatic heterocycles. The van der Waals surface area contributed by atoms with Crippen molar-refractivity contribution in [2.75, 3.05) is 19.6 Å². The number of hydrogen-bond donors (Lipinski definition) is 0. The molecule has 1 rings (SSSR count). The van der Waals surface area contributed by atoms with Crippen molar-refractivity contribution in [1.82, 2.24) is 4.90 Å². The molecule has 90 valence electrons. The third-order valence-electron chi connectivity index (χ3n) is 3.35. The van der Waals surface area contributed by atoms with Crippen LogP contribution in [0.5, 0.6) is 0 Å². The van der Waals surface area contributed by atoms with Gasteiger partial charge in [0.1, 0.15) is 0 Å². The zero-order valence-electron chi connectivity index (χ0n) is 11.0. The van der Waals surface area contributed by atoms with Crippen molar-refractivity contribution >= 4 is 0 Å². The van der Waals surface area contributed by atoms with E-state index in [-0.39, 0.29) is 0 Å². The van der Waals surface area contributed by atoms with E-state index in [1.54, 1.807) is 0 Å². The third kappa shape index (κ3) is 6.94. The minimum absolute atomic E-state index is 0.527. The molecule has 0 aromatic rings. The van der Waals surface area contributed by atoms with Crippen LogP contribution in [0.15, 0.2) is 0 Å². The molecule has 0 atom stereocenters. The Morgan fingerprint density at radius 3 is 2.00 bits per heavy atom. The van der Waals surface area contributed by atoms with Crippen LogP contribution in [0.3, 0.4) is 0 Å². The van der Waals surface area contributed by atoms with Gasteiger partial charge in [-0.05, 0) is 50.7 Å². The maximum Gasteiger partial charge on any atom is -0.00187 e. The number of unbranched alkanes of at least 4 members (excludes halogenated alkanes) is 1. The second-order valence-corrected chi connectivity index (χ2v) is 6.27. The summed E-state index contributed by atoms with van der Waals surface area (Å²) in [7, 11) is 0. The van der Waals surface area contributed by atoms with E-state index in [0.717, 1.165) is 0 Å². The number of nitrogens with zero attached hydrogens (tertiary/aromatic N) is 1. The average molecular weight is 211 g/mol. The summed E-state index contributed by atoms with van der Waals surface area (Å²) in [4.78, 5) is 2.68. The summed E-state index contributed by atoms with van der Waals surface area (Å²) in [5.74, 6) is 0. The van der Waals surface area contributed by atoms with E-state index in [9.17, 15) is 0 Å². The van der Waals surface area contributed by atoms with Gasteiger partial charge in [0.15, 0.2) is 0 Å². The van der Waals surface area contributed by atoms with Crippen LogP contribution >= 0.6 is 0 Å². The molecule has 1 heteroatoms. The topological polar surface area (TPSA) is 3.24 Å². The maximum absolute atomic E-state index is 2.68. The van der Waals surface area contributed by atoms with Crippen molar-refractivity contribution in [2.45, 2.75) is 65.7 Å². The number of rotatable bonds is 4. The highest BCUT2D eigenvalue weighted by Gasteiger charge is 2.11. The molecular formula is C14H29N. The Kier molecular flexibility index (Phi) is 5.66. The first kappa shape index (κ1) is 13.0. The highest BCUT2D eigenvalue weighted by molar-refractivity contribution is 4.65. The third-order valence-corrected chi connectivity index (χ3v) is 3.35. The lowest BCUT2D eigenvalue weighted by molar-refractivity contribution is 0.267. The molecule has 0 unspecified atom stereocenters. The van der Waals surface area contributed by atoms with E-state index >= 15 is 0 Å². The summed E-state index contributed by atoms with van der Waals surface area (Å²) >= 11 is 0. The minimum Gasteiger partial charge on any atom is -0.303 e. The molecule has 0 N–H and O–H groups in total. The fourth-order valence-corrected chi connectivity index (χ4v) is 2.35. The van der Waals surface area contributed by atoms with E-state index in [1.165, 1.54) is 64.6 Å². The maximum atomic E-state index is 2.68. The Morgan fingerprint density at radius 2 is 1.47 bits per heavy atom. The van der Waals surface area contributed by atoms with Crippen LogP contribution < -0.4 is 0 Å². The van der Waals surface area contributed by atoms with Gasteiger partial charge >= 0.3 is 0 Å².